The van der Waals surface area contributed by atoms with E-state index in [2.05, 4.69) is 40.3 Å². The largest absolute Gasteiger partial charge is 0.457 e. The number of imide groups is 2. The monoisotopic (exact) mass is 885 g/mol. The molecular weight excluding hydrogens is 834 g/mol. The Bertz CT molecular complexity index is 2560. The molecule has 0 aliphatic carbocycles. The molecule has 332 valence electrons. The van der Waals surface area contributed by atoms with E-state index < -0.39 is 23.8 Å². The predicted molar refractivity (Wildman–Crippen MR) is 243 cm³/mol. The van der Waals surface area contributed by atoms with Crippen molar-refractivity contribution in [3.05, 3.63) is 107 Å². The van der Waals surface area contributed by atoms with Gasteiger partial charge in [-0.2, -0.15) is 0 Å². The zero-order chi connectivity index (χ0) is 44.2. The molecule has 2 atom stereocenters. The normalized spacial score (nSPS) is 19.6. The number of nitrogens with zero attached hydrogens (tertiary/aromatic N) is 6. The highest BCUT2D eigenvalue weighted by molar-refractivity contribution is 6.36. The Balaban J connectivity index is 0.692. The summed E-state index contributed by atoms with van der Waals surface area (Å²) < 4.78 is 5.91. The molecule has 0 saturated carbocycles. The van der Waals surface area contributed by atoms with Crippen LogP contribution in [0.5, 0.6) is 11.5 Å². The van der Waals surface area contributed by atoms with Crippen molar-refractivity contribution in [3.63, 3.8) is 0 Å². The molecule has 4 amide bonds. The van der Waals surface area contributed by atoms with Gasteiger partial charge >= 0.3 is 0 Å². The van der Waals surface area contributed by atoms with Crippen molar-refractivity contribution < 1.29 is 28.7 Å². The highest BCUT2D eigenvalue weighted by Gasteiger charge is 2.45. The fourth-order valence-corrected chi connectivity index (χ4v) is 9.68. The summed E-state index contributed by atoms with van der Waals surface area (Å²) in [6, 6.07) is 19.1. The smallest absolute Gasteiger partial charge is 0.262 e. The van der Waals surface area contributed by atoms with Crippen LogP contribution in [0, 0.1) is 0 Å². The van der Waals surface area contributed by atoms with Crippen LogP contribution in [0.4, 0.5) is 11.5 Å². The number of piperidine rings is 2. The number of unbranched alkanes of at least 4 members (excludes halogenated alkanes) is 4. The van der Waals surface area contributed by atoms with Gasteiger partial charge in [0, 0.05) is 68.7 Å². The van der Waals surface area contributed by atoms with Crippen molar-refractivity contribution in [2.45, 2.75) is 69.9 Å². The number of para-hydroxylation sites is 1. The number of nitrogens with one attached hydrogen (secondary N) is 3. The number of rotatable bonds is 16. The summed E-state index contributed by atoms with van der Waals surface area (Å²) in [6.45, 7) is 7.57. The number of hydrogen-bond acceptors (Lipinski definition) is 12. The molecule has 3 saturated heterocycles. The summed E-state index contributed by atoms with van der Waals surface area (Å²) in [5, 5.41) is 6.86. The number of aromatic nitrogens is 3. The van der Waals surface area contributed by atoms with Crippen molar-refractivity contribution in [2.75, 3.05) is 62.6 Å². The Labute approximate surface area is 376 Å². The van der Waals surface area contributed by atoms with E-state index in [1.807, 2.05) is 36.4 Å². The fraction of sp³-hybridized carbons (Fsp3) is 0.396. The molecule has 64 heavy (non-hydrogen) atoms. The van der Waals surface area contributed by atoms with Crippen LogP contribution in [0.25, 0.3) is 11.0 Å². The van der Waals surface area contributed by atoms with E-state index in [1.165, 1.54) is 25.6 Å². The summed E-state index contributed by atoms with van der Waals surface area (Å²) in [6.07, 6.45) is 11.4. The molecule has 16 heteroatoms. The van der Waals surface area contributed by atoms with Gasteiger partial charge in [-0.3, -0.25) is 39.1 Å². The Morgan fingerprint density at radius 1 is 0.781 bits per heavy atom. The third-order valence-electron chi connectivity index (χ3n) is 12.8. The molecule has 0 radical (unpaired) electrons. The number of carbonyl (C=O) groups excluding carboxylic acids is 5. The third kappa shape index (κ3) is 9.37. The number of halogens is 1. The van der Waals surface area contributed by atoms with Crippen LogP contribution in [0.15, 0.2) is 79.3 Å². The number of carbonyl (C=O) groups is 5. The highest BCUT2D eigenvalue weighted by Crippen LogP contribution is 2.33. The van der Waals surface area contributed by atoms with E-state index in [0.29, 0.717) is 55.6 Å². The number of anilines is 2. The van der Waals surface area contributed by atoms with Gasteiger partial charge in [0.25, 0.3) is 11.8 Å². The van der Waals surface area contributed by atoms with Crippen LogP contribution in [0.3, 0.4) is 0 Å². The van der Waals surface area contributed by atoms with Crippen LogP contribution < -0.4 is 20.3 Å². The van der Waals surface area contributed by atoms with Crippen LogP contribution in [0.1, 0.15) is 94.4 Å². The lowest BCUT2D eigenvalue weighted by atomic mass is 10.0. The van der Waals surface area contributed by atoms with Crippen molar-refractivity contribution in [1.29, 1.82) is 0 Å². The first-order valence-corrected chi connectivity index (χ1v) is 22.8. The van der Waals surface area contributed by atoms with Gasteiger partial charge in [0.1, 0.15) is 35.3 Å². The second-order valence-corrected chi connectivity index (χ2v) is 17.5. The number of ketones is 1. The zero-order valence-corrected chi connectivity index (χ0v) is 36.4. The number of benzene rings is 3. The Kier molecular flexibility index (Phi) is 13.0. The molecule has 2 unspecified atom stereocenters. The first-order valence-electron chi connectivity index (χ1n) is 22.4. The molecule has 4 aliphatic heterocycles. The van der Waals surface area contributed by atoms with Crippen LogP contribution in [0.2, 0.25) is 5.02 Å². The first kappa shape index (κ1) is 43.1. The van der Waals surface area contributed by atoms with Gasteiger partial charge in [0.15, 0.2) is 5.78 Å². The van der Waals surface area contributed by atoms with E-state index in [-0.39, 0.29) is 30.6 Å². The van der Waals surface area contributed by atoms with E-state index in [4.69, 9.17) is 16.3 Å². The van der Waals surface area contributed by atoms with Crippen molar-refractivity contribution >= 4 is 63.6 Å². The van der Waals surface area contributed by atoms with E-state index in [1.54, 1.807) is 36.5 Å². The highest BCUT2D eigenvalue weighted by atomic mass is 35.5. The summed E-state index contributed by atoms with van der Waals surface area (Å²) in [5.41, 5.74) is 2.94. The SMILES string of the molecule is O=C1CCC(N2C(=O)c3ccc(N4CCN(CCCCCCCN5CCCC(Nc6ncnc7[nH]cc(C(=O)c8ccc(Oc9ccccc9)cc8Cl)c67)C5)CC4)cc3C2=O)C(=O)N1. The minimum Gasteiger partial charge on any atom is -0.457 e. The number of aromatic amines is 1. The predicted octanol–water partition coefficient (Wildman–Crippen LogP) is 6.68. The molecule has 3 N–H and O–H groups in total. The van der Waals surface area contributed by atoms with Gasteiger partial charge in [-0.25, -0.2) is 9.97 Å². The molecule has 0 spiro atoms. The molecule has 5 aromatic rings. The molecule has 3 aromatic carbocycles. The second-order valence-electron chi connectivity index (χ2n) is 17.1. The summed E-state index contributed by atoms with van der Waals surface area (Å²) in [7, 11) is 0. The summed E-state index contributed by atoms with van der Waals surface area (Å²) >= 11 is 6.65. The Morgan fingerprint density at radius 2 is 1.55 bits per heavy atom. The van der Waals surface area contributed by atoms with Gasteiger partial charge in [-0.05, 0) is 94.2 Å². The number of H-pyrrole nitrogens is 1. The maximum absolute atomic E-state index is 13.9. The topological polar surface area (TPSA) is 173 Å². The van der Waals surface area contributed by atoms with E-state index in [9.17, 15) is 24.0 Å². The van der Waals surface area contributed by atoms with Gasteiger partial charge in [0.2, 0.25) is 11.8 Å². The van der Waals surface area contributed by atoms with Crippen LogP contribution >= 0.6 is 11.6 Å². The van der Waals surface area contributed by atoms with Crippen molar-refractivity contribution in [3.8, 4) is 11.5 Å². The average Bonchev–Trinajstić information content (AvgIpc) is 3.85. The van der Waals surface area contributed by atoms with Gasteiger partial charge in [0.05, 0.1) is 27.1 Å². The average molecular weight is 886 g/mol. The minimum absolute atomic E-state index is 0.0966. The van der Waals surface area contributed by atoms with Crippen LogP contribution in [-0.2, 0) is 9.59 Å². The first-order chi connectivity index (χ1) is 31.2. The Morgan fingerprint density at radius 3 is 2.33 bits per heavy atom. The molecular formula is C48H52ClN9O6. The maximum Gasteiger partial charge on any atom is 0.262 e. The third-order valence-corrected chi connectivity index (χ3v) is 13.1. The van der Waals surface area contributed by atoms with Gasteiger partial charge in [-0.15, -0.1) is 0 Å². The standard InChI is InChI=1S/C48H52ClN9O6/c49-39-27-34(64-33-11-5-4-6-12-33)14-16-36(39)43(60)38-28-50-44-42(38)45(52-30-51-44)53-31-10-9-21-56(29-31)20-8-3-1-2-7-19-55-22-24-57(25-23-55)32-13-15-35-37(26-32)48(63)58(47(35)62)40-17-18-41(59)54-46(40)61/h4-6,11-16,26-28,30-31,40H,1-3,7-10,17-25,29H2,(H,54,59,61)(H2,50,51,52,53). The van der Waals surface area contributed by atoms with E-state index in [0.717, 1.165) is 88.6 Å². The summed E-state index contributed by atoms with van der Waals surface area (Å²) in [4.78, 5) is 84.8. The molecule has 15 nitrogen and oxygen atoms in total. The zero-order valence-electron chi connectivity index (χ0n) is 35.7. The molecule has 4 aliphatic rings. The van der Waals surface area contributed by atoms with Gasteiger partial charge in [-0.1, -0.05) is 49.1 Å². The number of hydrogen-bond donors (Lipinski definition) is 3. The lowest BCUT2D eigenvalue weighted by Gasteiger charge is -2.36. The fourth-order valence-electron chi connectivity index (χ4n) is 9.42. The van der Waals surface area contributed by atoms with Crippen LogP contribution in [-0.4, -0.2) is 124 Å². The number of fused-ring (bicyclic) bond motifs is 2. The Hall–Kier alpha value is -6.16. The van der Waals surface area contributed by atoms with Gasteiger partial charge < -0.3 is 24.8 Å². The molecule has 0 bridgehead atoms. The number of ether oxygens (including phenoxy) is 1. The lowest BCUT2D eigenvalue weighted by molar-refractivity contribution is -0.136. The minimum atomic E-state index is -0.966. The molecule has 2 aromatic heterocycles. The molecule has 6 heterocycles. The van der Waals surface area contributed by atoms with E-state index >= 15 is 0 Å². The number of piperazine rings is 1. The number of likely N-dealkylation sites (tertiary alicyclic amines) is 1. The quantitative estimate of drug-likeness (QED) is 0.0546. The maximum atomic E-state index is 13.9. The van der Waals surface area contributed by atoms with Crippen molar-refractivity contribution in [2.24, 2.45) is 0 Å². The van der Waals surface area contributed by atoms with Crippen molar-refractivity contribution in [1.82, 2.24) is 35.0 Å². The lowest BCUT2D eigenvalue weighted by Crippen LogP contribution is -2.54. The number of amides is 4. The second kappa shape index (κ2) is 19.3. The molecule has 9 rings (SSSR count). The molecule has 3 fully saturated rings. The summed E-state index contributed by atoms with van der Waals surface area (Å²) in [5.74, 6) is -0.302.